The molecule has 0 bridgehead atoms. The molecule has 174 valence electrons. The molecule has 2 aromatic heterocycles. The molecule has 6 aromatic rings. The Morgan fingerprint density at radius 2 is 1.50 bits per heavy atom. The van der Waals surface area contributed by atoms with Crippen molar-refractivity contribution in [2.45, 2.75) is 6.54 Å². The van der Waals surface area contributed by atoms with Gasteiger partial charge in [-0.25, -0.2) is 4.68 Å². The number of hydrogen-bond donors (Lipinski definition) is 2. The molecule has 0 aliphatic heterocycles. The predicted octanol–water partition coefficient (Wildman–Crippen LogP) is 5.79. The van der Waals surface area contributed by atoms with Crippen LogP contribution >= 0.6 is 0 Å². The zero-order valence-corrected chi connectivity index (χ0v) is 19.3. The SMILES string of the molecule is O=C(Nc1n[nH]c2ccc(-c3nnn(Cc4ccccc4)c3-c3ccccc3)cc12)c1ccccc1. The summed E-state index contributed by atoms with van der Waals surface area (Å²) in [5.74, 6) is 0.256. The van der Waals surface area contributed by atoms with E-state index in [9.17, 15) is 4.79 Å². The van der Waals surface area contributed by atoms with Gasteiger partial charge in [-0.1, -0.05) is 90.1 Å². The maximum Gasteiger partial charge on any atom is 0.256 e. The van der Waals surface area contributed by atoms with E-state index in [0.29, 0.717) is 17.9 Å². The normalized spacial score (nSPS) is 11.0. The molecule has 0 radical (unpaired) electrons. The minimum atomic E-state index is -0.215. The molecule has 0 saturated carbocycles. The number of rotatable bonds is 6. The number of carbonyl (C=O) groups is 1. The van der Waals surface area contributed by atoms with Crippen LogP contribution in [-0.4, -0.2) is 31.1 Å². The van der Waals surface area contributed by atoms with Crippen molar-refractivity contribution in [3.8, 4) is 22.5 Å². The van der Waals surface area contributed by atoms with Crippen LogP contribution in [0.5, 0.6) is 0 Å². The number of benzene rings is 4. The van der Waals surface area contributed by atoms with Crippen molar-refractivity contribution in [1.29, 1.82) is 0 Å². The molecule has 7 nitrogen and oxygen atoms in total. The first-order valence-corrected chi connectivity index (χ1v) is 11.6. The van der Waals surface area contributed by atoms with E-state index in [2.05, 4.69) is 50.1 Å². The van der Waals surface area contributed by atoms with Crippen molar-refractivity contribution >= 4 is 22.6 Å². The number of H-pyrrole nitrogens is 1. The van der Waals surface area contributed by atoms with E-state index in [1.165, 1.54) is 0 Å². The average Bonchev–Trinajstić information content (AvgIpc) is 3.54. The molecule has 0 fully saturated rings. The quantitative estimate of drug-likeness (QED) is 0.323. The second-order valence-corrected chi connectivity index (χ2v) is 8.45. The van der Waals surface area contributed by atoms with Crippen LogP contribution in [0.1, 0.15) is 15.9 Å². The van der Waals surface area contributed by atoms with Gasteiger partial charge in [-0.3, -0.25) is 9.89 Å². The molecule has 7 heteroatoms. The van der Waals surface area contributed by atoms with Crippen LogP contribution in [0.15, 0.2) is 109 Å². The second-order valence-electron chi connectivity index (χ2n) is 8.45. The smallest absolute Gasteiger partial charge is 0.256 e. The summed E-state index contributed by atoms with van der Waals surface area (Å²) in [6.07, 6.45) is 0. The van der Waals surface area contributed by atoms with Gasteiger partial charge in [0.1, 0.15) is 5.69 Å². The van der Waals surface area contributed by atoms with Crippen LogP contribution in [0.25, 0.3) is 33.4 Å². The van der Waals surface area contributed by atoms with Crippen molar-refractivity contribution < 1.29 is 4.79 Å². The van der Waals surface area contributed by atoms with E-state index in [1.807, 2.05) is 77.5 Å². The predicted molar refractivity (Wildman–Crippen MR) is 140 cm³/mol. The Morgan fingerprint density at radius 1 is 0.806 bits per heavy atom. The molecule has 0 atom stereocenters. The molecule has 4 aromatic carbocycles. The maximum atomic E-state index is 12.7. The van der Waals surface area contributed by atoms with Crippen LogP contribution in [0.3, 0.4) is 0 Å². The summed E-state index contributed by atoms with van der Waals surface area (Å²) in [4.78, 5) is 12.7. The van der Waals surface area contributed by atoms with Gasteiger partial charge in [0.15, 0.2) is 5.82 Å². The highest BCUT2D eigenvalue weighted by Crippen LogP contribution is 2.33. The second kappa shape index (κ2) is 9.31. The fraction of sp³-hybridized carbons (Fsp3) is 0.0345. The Morgan fingerprint density at radius 3 is 2.25 bits per heavy atom. The first-order valence-electron chi connectivity index (χ1n) is 11.6. The Hall–Kier alpha value is -5.04. The van der Waals surface area contributed by atoms with E-state index < -0.39 is 0 Å². The van der Waals surface area contributed by atoms with Gasteiger partial charge in [-0.05, 0) is 29.8 Å². The Labute approximate surface area is 207 Å². The number of aromatic amines is 1. The lowest BCUT2D eigenvalue weighted by Gasteiger charge is -2.09. The fourth-order valence-corrected chi connectivity index (χ4v) is 4.28. The van der Waals surface area contributed by atoms with Gasteiger partial charge in [0, 0.05) is 22.1 Å². The molecule has 2 N–H and O–H groups in total. The van der Waals surface area contributed by atoms with Crippen LogP contribution in [0.4, 0.5) is 5.82 Å². The van der Waals surface area contributed by atoms with Gasteiger partial charge < -0.3 is 5.32 Å². The zero-order chi connectivity index (χ0) is 24.3. The third-order valence-corrected chi connectivity index (χ3v) is 6.06. The molecule has 36 heavy (non-hydrogen) atoms. The highest BCUT2D eigenvalue weighted by Gasteiger charge is 2.19. The summed E-state index contributed by atoms with van der Waals surface area (Å²) >= 11 is 0. The minimum absolute atomic E-state index is 0.215. The van der Waals surface area contributed by atoms with Gasteiger partial charge in [0.25, 0.3) is 5.91 Å². The van der Waals surface area contributed by atoms with Crippen LogP contribution in [0, 0.1) is 0 Å². The van der Waals surface area contributed by atoms with Gasteiger partial charge in [-0.2, -0.15) is 5.10 Å². The fourth-order valence-electron chi connectivity index (χ4n) is 4.28. The molecule has 2 heterocycles. The minimum Gasteiger partial charge on any atom is -0.305 e. The summed E-state index contributed by atoms with van der Waals surface area (Å²) in [7, 11) is 0. The van der Waals surface area contributed by atoms with E-state index in [4.69, 9.17) is 0 Å². The molecule has 1 amide bonds. The maximum absolute atomic E-state index is 12.7. The Bertz CT molecular complexity index is 1640. The Balaban J connectivity index is 1.41. The number of amides is 1. The molecule has 0 aliphatic carbocycles. The lowest BCUT2D eigenvalue weighted by molar-refractivity contribution is 0.102. The van der Waals surface area contributed by atoms with Crippen molar-refractivity contribution in [2.24, 2.45) is 0 Å². The molecule has 6 rings (SSSR count). The van der Waals surface area contributed by atoms with Gasteiger partial charge in [0.05, 0.1) is 17.8 Å². The van der Waals surface area contributed by atoms with Crippen LogP contribution in [0.2, 0.25) is 0 Å². The number of carbonyl (C=O) groups excluding carboxylic acids is 1. The molecule has 0 unspecified atom stereocenters. The first-order chi connectivity index (χ1) is 17.8. The van der Waals surface area contributed by atoms with Crippen LogP contribution < -0.4 is 5.32 Å². The van der Waals surface area contributed by atoms with Gasteiger partial charge >= 0.3 is 0 Å². The summed E-state index contributed by atoms with van der Waals surface area (Å²) in [6.45, 7) is 0.602. The number of nitrogens with zero attached hydrogens (tertiary/aromatic N) is 4. The van der Waals surface area contributed by atoms with E-state index in [1.54, 1.807) is 12.1 Å². The third-order valence-electron chi connectivity index (χ3n) is 6.06. The van der Waals surface area contributed by atoms with Crippen LogP contribution in [-0.2, 0) is 6.54 Å². The summed E-state index contributed by atoms with van der Waals surface area (Å²) in [5.41, 5.74) is 6.13. The van der Waals surface area contributed by atoms with Crippen molar-refractivity contribution in [2.75, 3.05) is 5.32 Å². The molecular weight excluding hydrogens is 448 g/mol. The van der Waals surface area contributed by atoms with Crippen molar-refractivity contribution in [3.63, 3.8) is 0 Å². The molecular formula is C29H22N6O. The van der Waals surface area contributed by atoms with E-state index in [0.717, 1.165) is 39.0 Å². The Kier molecular flexibility index (Phi) is 5.56. The largest absolute Gasteiger partial charge is 0.305 e. The zero-order valence-electron chi connectivity index (χ0n) is 19.3. The number of aromatic nitrogens is 5. The topological polar surface area (TPSA) is 88.5 Å². The summed E-state index contributed by atoms with van der Waals surface area (Å²) < 4.78 is 1.93. The molecule has 0 saturated heterocycles. The lowest BCUT2D eigenvalue weighted by Crippen LogP contribution is -2.12. The number of anilines is 1. The molecule has 0 aliphatic rings. The summed E-state index contributed by atoms with van der Waals surface area (Å²) in [5, 5.41) is 20.2. The monoisotopic (exact) mass is 470 g/mol. The number of fused-ring (bicyclic) bond motifs is 1. The average molecular weight is 471 g/mol. The van der Waals surface area contributed by atoms with E-state index >= 15 is 0 Å². The number of nitrogens with one attached hydrogen (secondary N) is 2. The van der Waals surface area contributed by atoms with Crippen molar-refractivity contribution in [3.05, 3.63) is 120 Å². The first kappa shape index (κ1) is 21.5. The summed E-state index contributed by atoms with van der Waals surface area (Å²) in [6, 6.07) is 35.3. The van der Waals surface area contributed by atoms with Gasteiger partial charge in [-0.15, -0.1) is 5.10 Å². The lowest BCUT2D eigenvalue weighted by atomic mass is 10.0. The standard InChI is InChI=1S/C29H22N6O/c36-29(22-14-8-3-9-15-22)30-28-24-18-23(16-17-25(24)31-33-28)26-27(21-12-6-2-7-13-21)35(34-32-26)19-20-10-4-1-5-11-20/h1-18H,19H2,(H2,30,31,33,36). The highest BCUT2D eigenvalue weighted by atomic mass is 16.1. The third kappa shape index (κ3) is 4.14. The van der Waals surface area contributed by atoms with Crippen molar-refractivity contribution in [1.82, 2.24) is 25.2 Å². The number of hydrogen-bond acceptors (Lipinski definition) is 4. The van der Waals surface area contributed by atoms with Gasteiger partial charge in [0.2, 0.25) is 0 Å². The highest BCUT2D eigenvalue weighted by molar-refractivity contribution is 6.08. The molecule has 0 spiro atoms. The van der Waals surface area contributed by atoms with E-state index in [-0.39, 0.29) is 5.91 Å².